The first-order chi connectivity index (χ1) is 7.58. The number of pyridine rings is 1. The summed E-state index contributed by atoms with van der Waals surface area (Å²) in [5.41, 5.74) is 1.19. The lowest BCUT2D eigenvalue weighted by atomic mass is 10.1. The number of rotatable bonds is 5. The summed E-state index contributed by atoms with van der Waals surface area (Å²) in [6.45, 7) is 10.8. The van der Waals surface area contributed by atoms with Crippen LogP contribution in [0.4, 0.5) is 5.82 Å². The Balaban J connectivity index is 2.86. The molecule has 1 heterocycles. The highest BCUT2D eigenvalue weighted by Crippen LogP contribution is 2.25. The molecule has 0 aliphatic rings. The van der Waals surface area contributed by atoms with Gasteiger partial charge in [-0.15, -0.1) is 0 Å². The fourth-order valence-electron chi connectivity index (χ4n) is 1.63. The molecule has 0 aliphatic heterocycles. The Morgan fingerprint density at radius 2 is 2.12 bits per heavy atom. The molecule has 0 saturated heterocycles. The van der Waals surface area contributed by atoms with Crippen LogP contribution in [0.25, 0.3) is 0 Å². The Labute approximate surface area is 107 Å². The number of hydrogen-bond acceptors (Lipinski definition) is 2. The van der Waals surface area contributed by atoms with Gasteiger partial charge in [0.25, 0.3) is 0 Å². The van der Waals surface area contributed by atoms with Crippen LogP contribution in [-0.2, 0) is 0 Å². The number of anilines is 1. The van der Waals surface area contributed by atoms with Gasteiger partial charge in [0.15, 0.2) is 0 Å². The van der Waals surface area contributed by atoms with E-state index in [-0.39, 0.29) is 0 Å². The summed E-state index contributed by atoms with van der Waals surface area (Å²) in [7, 11) is 0. The maximum Gasteiger partial charge on any atom is 0.142 e. The molecule has 90 valence electrons. The standard InChI is InChI=1S/C13H21BrN2/c1-5-10(3)9-16(6-2)13-12(14)7-11(4)8-15-13/h7-8,10H,5-6,9H2,1-4H3. The summed E-state index contributed by atoms with van der Waals surface area (Å²) in [5.74, 6) is 1.77. The van der Waals surface area contributed by atoms with Gasteiger partial charge in [0.2, 0.25) is 0 Å². The minimum atomic E-state index is 0.704. The molecular formula is C13H21BrN2. The van der Waals surface area contributed by atoms with Gasteiger partial charge in [-0.3, -0.25) is 0 Å². The van der Waals surface area contributed by atoms with Crippen molar-refractivity contribution < 1.29 is 0 Å². The maximum atomic E-state index is 4.52. The monoisotopic (exact) mass is 284 g/mol. The van der Waals surface area contributed by atoms with Crippen LogP contribution in [-0.4, -0.2) is 18.1 Å². The summed E-state index contributed by atoms with van der Waals surface area (Å²) in [4.78, 5) is 6.85. The van der Waals surface area contributed by atoms with Crippen molar-refractivity contribution in [3.05, 3.63) is 22.3 Å². The van der Waals surface area contributed by atoms with Crippen molar-refractivity contribution in [2.45, 2.75) is 34.1 Å². The van der Waals surface area contributed by atoms with Gasteiger partial charge in [0, 0.05) is 19.3 Å². The molecule has 3 heteroatoms. The summed E-state index contributed by atoms with van der Waals surface area (Å²) >= 11 is 3.60. The van der Waals surface area contributed by atoms with Crippen LogP contribution in [0.1, 0.15) is 32.8 Å². The molecule has 2 nitrogen and oxygen atoms in total. The minimum absolute atomic E-state index is 0.704. The van der Waals surface area contributed by atoms with E-state index in [4.69, 9.17) is 0 Å². The van der Waals surface area contributed by atoms with Gasteiger partial charge in [-0.25, -0.2) is 4.98 Å². The Morgan fingerprint density at radius 3 is 2.62 bits per heavy atom. The normalized spacial score (nSPS) is 12.6. The summed E-state index contributed by atoms with van der Waals surface area (Å²) in [5, 5.41) is 0. The van der Waals surface area contributed by atoms with E-state index in [0.717, 1.165) is 23.4 Å². The zero-order valence-electron chi connectivity index (χ0n) is 10.6. The van der Waals surface area contributed by atoms with Crippen molar-refractivity contribution in [3.8, 4) is 0 Å². The Morgan fingerprint density at radius 1 is 1.44 bits per heavy atom. The summed E-state index contributed by atoms with van der Waals surface area (Å²) in [6.07, 6.45) is 3.14. The SMILES string of the molecule is CCC(C)CN(CC)c1ncc(C)cc1Br. The molecule has 0 fully saturated rings. The number of aryl methyl sites for hydroxylation is 1. The van der Waals surface area contributed by atoms with Crippen LogP contribution < -0.4 is 4.90 Å². The number of nitrogens with zero attached hydrogens (tertiary/aromatic N) is 2. The fourth-order valence-corrected chi connectivity index (χ4v) is 2.34. The molecule has 0 spiro atoms. The van der Waals surface area contributed by atoms with Crippen molar-refractivity contribution in [1.82, 2.24) is 4.98 Å². The number of aromatic nitrogens is 1. The first kappa shape index (κ1) is 13.5. The van der Waals surface area contributed by atoms with E-state index in [0.29, 0.717) is 5.92 Å². The first-order valence-electron chi connectivity index (χ1n) is 5.95. The molecule has 0 radical (unpaired) electrons. The van der Waals surface area contributed by atoms with Gasteiger partial charge in [0.1, 0.15) is 5.82 Å². The molecule has 1 aromatic rings. The van der Waals surface area contributed by atoms with Crippen LogP contribution >= 0.6 is 15.9 Å². The smallest absolute Gasteiger partial charge is 0.142 e. The number of halogens is 1. The predicted molar refractivity (Wildman–Crippen MR) is 74.0 cm³/mol. The van der Waals surface area contributed by atoms with Gasteiger partial charge in [-0.2, -0.15) is 0 Å². The van der Waals surface area contributed by atoms with E-state index >= 15 is 0 Å². The lowest BCUT2D eigenvalue weighted by Gasteiger charge is -2.26. The van der Waals surface area contributed by atoms with Gasteiger partial charge >= 0.3 is 0 Å². The molecule has 1 unspecified atom stereocenters. The molecule has 1 rings (SSSR count). The Bertz CT molecular complexity index is 339. The highest BCUT2D eigenvalue weighted by atomic mass is 79.9. The van der Waals surface area contributed by atoms with Crippen molar-refractivity contribution in [1.29, 1.82) is 0 Å². The summed E-state index contributed by atoms with van der Waals surface area (Å²) in [6, 6.07) is 2.13. The second-order valence-corrected chi connectivity index (χ2v) is 5.22. The van der Waals surface area contributed by atoms with E-state index in [1.165, 1.54) is 12.0 Å². The average molecular weight is 285 g/mol. The Kier molecular flexibility index (Phi) is 5.26. The predicted octanol–water partition coefficient (Wildman–Crippen LogP) is 4.02. The van der Waals surface area contributed by atoms with Crippen LogP contribution in [0, 0.1) is 12.8 Å². The van der Waals surface area contributed by atoms with Crippen molar-refractivity contribution >= 4 is 21.7 Å². The molecule has 0 amide bonds. The van der Waals surface area contributed by atoms with E-state index in [1.54, 1.807) is 0 Å². The lowest BCUT2D eigenvalue weighted by Crippen LogP contribution is -2.29. The van der Waals surface area contributed by atoms with Gasteiger partial charge in [-0.05, 0) is 47.3 Å². The lowest BCUT2D eigenvalue weighted by molar-refractivity contribution is 0.545. The molecule has 16 heavy (non-hydrogen) atoms. The van der Waals surface area contributed by atoms with Crippen LogP contribution in [0.2, 0.25) is 0 Å². The van der Waals surface area contributed by atoms with Crippen LogP contribution in [0.15, 0.2) is 16.7 Å². The quantitative estimate of drug-likeness (QED) is 0.812. The van der Waals surface area contributed by atoms with Gasteiger partial charge in [-0.1, -0.05) is 20.3 Å². The maximum absolute atomic E-state index is 4.52. The molecule has 0 aromatic carbocycles. The molecule has 0 aliphatic carbocycles. The second kappa shape index (κ2) is 6.24. The average Bonchev–Trinajstić information content (AvgIpc) is 2.26. The molecule has 0 N–H and O–H groups in total. The zero-order valence-corrected chi connectivity index (χ0v) is 12.2. The van der Waals surface area contributed by atoms with Crippen molar-refractivity contribution in [2.24, 2.45) is 5.92 Å². The third-order valence-electron chi connectivity index (χ3n) is 2.87. The number of hydrogen-bond donors (Lipinski definition) is 0. The van der Waals surface area contributed by atoms with E-state index in [9.17, 15) is 0 Å². The largest absolute Gasteiger partial charge is 0.356 e. The molecule has 0 bridgehead atoms. The summed E-state index contributed by atoms with van der Waals surface area (Å²) < 4.78 is 1.10. The highest BCUT2D eigenvalue weighted by molar-refractivity contribution is 9.10. The van der Waals surface area contributed by atoms with Crippen LogP contribution in [0.5, 0.6) is 0 Å². The third-order valence-corrected chi connectivity index (χ3v) is 3.45. The van der Waals surface area contributed by atoms with Crippen LogP contribution in [0.3, 0.4) is 0 Å². The molecule has 1 atom stereocenters. The fraction of sp³-hybridized carbons (Fsp3) is 0.615. The highest BCUT2D eigenvalue weighted by Gasteiger charge is 2.12. The molecular weight excluding hydrogens is 264 g/mol. The second-order valence-electron chi connectivity index (χ2n) is 4.37. The van der Waals surface area contributed by atoms with Gasteiger partial charge < -0.3 is 4.90 Å². The zero-order chi connectivity index (χ0) is 12.1. The van der Waals surface area contributed by atoms with Gasteiger partial charge in [0.05, 0.1) is 4.47 Å². The van der Waals surface area contributed by atoms with E-state index in [2.05, 4.69) is 59.6 Å². The minimum Gasteiger partial charge on any atom is -0.356 e. The van der Waals surface area contributed by atoms with Crippen molar-refractivity contribution in [3.63, 3.8) is 0 Å². The van der Waals surface area contributed by atoms with E-state index < -0.39 is 0 Å². The first-order valence-corrected chi connectivity index (χ1v) is 6.74. The molecule has 1 aromatic heterocycles. The van der Waals surface area contributed by atoms with Crippen molar-refractivity contribution in [2.75, 3.05) is 18.0 Å². The van der Waals surface area contributed by atoms with E-state index in [1.807, 2.05) is 6.20 Å². The third kappa shape index (κ3) is 3.48. The molecule has 0 saturated carbocycles. The Hall–Kier alpha value is -0.570. The topological polar surface area (TPSA) is 16.1 Å².